The van der Waals surface area contributed by atoms with Crippen LogP contribution >= 0.6 is 12.4 Å². The summed E-state index contributed by atoms with van der Waals surface area (Å²) >= 11 is 0. The first-order chi connectivity index (χ1) is 5.36. The maximum Gasteiger partial charge on any atom is 0.0576 e. The van der Waals surface area contributed by atoms with Crippen LogP contribution in [0.3, 0.4) is 0 Å². The number of aromatic nitrogens is 1. The Balaban J connectivity index is 0.000000720. The normalized spacial score (nSPS) is 20.9. The smallest absolute Gasteiger partial charge is 0.0576 e. The number of rotatable bonds is 1. The number of halogens is 1. The molecule has 0 aliphatic carbocycles. The van der Waals surface area contributed by atoms with Gasteiger partial charge in [-0.05, 0) is 32.0 Å². The first-order valence-corrected chi connectivity index (χ1v) is 4.03. The Morgan fingerprint density at radius 2 is 2.25 bits per heavy atom. The Morgan fingerprint density at radius 1 is 1.50 bits per heavy atom. The van der Waals surface area contributed by atoms with Crippen LogP contribution in [-0.2, 0) is 0 Å². The van der Waals surface area contributed by atoms with Gasteiger partial charge in [0.1, 0.15) is 0 Å². The highest BCUT2D eigenvalue weighted by Gasteiger charge is 2.18. The molecule has 1 aromatic heterocycles. The minimum absolute atomic E-state index is 0. The second-order valence-electron chi connectivity index (χ2n) is 3.00. The Bertz CT molecular complexity index is 258. The van der Waals surface area contributed by atoms with Gasteiger partial charge in [0.25, 0.3) is 0 Å². The summed E-state index contributed by atoms with van der Waals surface area (Å²) in [6.45, 7) is 3.17. The molecule has 0 saturated carbocycles. The fraction of sp³-hybridized carbons (Fsp3) is 0.444. The van der Waals surface area contributed by atoms with Gasteiger partial charge in [0.05, 0.1) is 11.7 Å². The van der Waals surface area contributed by atoms with Crippen molar-refractivity contribution in [1.82, 2.24) is 10.3 Å². The largest absolute Gasteiger partial charge is 0.309 e. The van der Waals surface area contributed by atoms with E-state index in [0.717, 1.165) is 12.2 Å². The molecule has 0 spiro atoms. The van der Waals surface area contributed by atoms with Crippen LogP contribution in [0.4, 0.5) is 0 Å². The fourth-order valence-corrected chi connectivity index (χ4v) is 1.30. The number of pyridine rings is 1. The molecule has 0 amide bonds. The Labute approximate surface area is 78.8 Å². The second kappa shape index (κ2) is 3.87. The van der Waals surface area contributed by atoms with Gasteiger partial charge in [-0.3, -0.25) is 4.98 Å². The van der Waals surface area contributed by atoms with Gasteiger partial charge >= 0.3 is 0 Å². The average Bonchev–Trinajstić information content (AvgIpc) is 1.83. The zero-order valence-electron chi connectivity index (χ0n) is 7.08. The topological polar surface area (TPSA) is 24.9 Å². The van der Waals surface area contributed by atoms with E-state index < -0.39 is 0 Å². The SMILES string of the molecule is Cc1cccc([C@H]2CCN2)n1.Cl. The highest BCUT2D eigenvalue weighted by molar-refractivity contribution is 5.85. The number of hydrogen-bond donors (Lipinski definition) is 1. The molecule has 66 valence electrons. The van der Waals surface area contributed by atoms with Gasteiger partial charge in [0.2, 0.25) is 0 Å². The fourth-order valence-electron chi connectivity index (χ4n) is 1.30. The zero-order valence-corrected chi connectivity index (χ0v) is 7.90. The van der Waals surface area contributed by atoms with Crippen LogP contribution in [0.25, 0.3) is 0 Å². The summed E-state index contributed by atoms with van der Waals surface area (Å²) in [7, 11) is 0. The molecule has 1 saturated heterocycles. The van der Waals surface area contributed by atoms with E-state index in [1.165, 1.54) is 12.1 Å². The molecule has 0 unspecified atom stereocenters. The Kier molecular flexibility index (Phi) is 3.06. The lowest BCUT2D eigenvalue weighted by Gasteiger charge is -2.27. The molecule has 1 aliphatic rings. The van der Waals surface area contributed by atoms with Crippen LogP contribution < -0.4 is 5.32 Å². The summed E-state index contributed by atoms with van der Waals surface area (Å²) in [6.07, 6.45) is 1.23. The predicted octanol–water partition coefficient (Wildman–Crippen LogP) is 1.85. The summed E-state index contributed by atoms with van der Waals surface area (Å²) in [6, 6.07) is 6.71. The van der Waals surface area contributed by atoms with Crippen molar-refractivity contribution >= 4 is 12.4 Å². The molecule has 0 radical (unpaired) electrons. The summed E-state index contributed by atoms with van der Waals surface area (Å²) in [5.41, 5.74) is 2.30. The quantitative estimate of drug-likeness (QED) is 0.721. The number of aryl methyl sites for hydroxylation is 1. The monoisotopic (exact) mass is 184 g/mol. The molecular formula is C9H13ClN2. The number of nitrogens with zero attached hydrogens (tertiary/aromatic N) is 1. The molecule has 1 aromatic rings. The van der Waals surface area contributed by atoms with Crippen molar-refractivity contribution in [3.05, 3.63) is 29.6 Å². The van der Waals surface area contributed by atoms with Crippen LogP contribution in [0, 0.1) is 6.92 Å². The third-order valence-electron chi connectivity index (χ3n) is 2.09. The molecule has 0 bridgehead atoms. The summed E-state index contributed by atoms with van der Waals surface area (Å²) in [5, 5.41) is 3.33. The second-order valence-corrected chi connectivity index (χ2v) is 3.00. The van der Waals surface area contributed by atoms with Crippen molar-refractivity contribution < 1.29 is 0 Å². The Hall–Kier alpha value is -0.600. The van der Waals surface area contributed by atoms with E-state index in [1.54, 1.807) is 0 Å². The Morgan fingerprint density at radius 3 is 2.75 bits per heavy atom. The van der Waals surface area contributed by atoms with Crippen molar-refractivity contribution in [3.8, 4) is 0 Å². The maximum atomic E-state index is 4.43. The summed E-state index contributed by atoms with van der Waals surface area (Å²) in [4.78, 5) is 4.43. The molecule has 12 heavy (non-hydrogen) atoms. The lowest BCUT2D eigenvalue weighted by molar-refractivity contribution is 0.375. The average molecular weight is 185 g/mol. The van der Waals surface area contributed by atoms with Gasteiger partial charge in [-0.2, -0.15) is 0 Å². The van der Waals surface area contributed by atoms with E-state index >= 15 is 0 Å². The first-order valence-electron chi connectivity index (χ1n) is 4.03. The predicted molar refractivity (Wildman–Crippen MR) is 51.6 cm³/mol. The molecule has 2 nitrogen and oxygen atoms in total. The molecule has 3 heteroatoms. The molecule has 1 fully saturated rings. The van der Waals surface area contributed by atoms with Gasteiger partial charge in [-0.15, -0.1) is 12.4 Å². The molecule has 2 rings (SSSR count). The van der Waals surface area contributed by atoms with Crippen molar-refractivity contribution in [1.29, 1.82) is 0 Å². The first kappa shape index (κ1) is 9.49. The molecule has 1 N–H and O–H groups in total. The number of nitrogens with one attached hydrogen (secondary N) is 1. The van der Waals surface area contributed by atoms with Crippen LogP contribution in [-0.4, -0.2) is 11.5 Å². The third-order valence-corrected chi connectivity index (χ3v) is 2.09. The van der Waals surface area contributed by atoms with E-state index in [4.69, 9.17) is 0 Å². The highest BCUT2D eigenvalue weighted by atomic mass is 35.5. The van der Waals surface area contributed by atoms with Crippen molar-refractivity contribution in [3.63, 3.8) is 0 Å². The van der Waals surface area contributed by atoms with Crippen molar-refractivity contribution in [2.45, 2.75) is 19.4 Å². The van der Waals surface area contributed by atoms with Gasteiger partial charge in [-0.25, -0.2) is 0 Å². The number of hydrogen-bond acceptors (Lipinski definition) is 2. The van der Waals surface area contributed by atoms with Crippen LogP contribution in [0.15, 0.2) is 18.2 Å². The molecular weight excluding hydrogens is 172 g/mol. The van der Waals surface area contributed by atoms with Crippen LogP contribution in [0.1, 0.15) is 23.9 Å². The van der Waals surface area contributed by atoms with Crippen molar-refractivity contribution in [2.24, 2.45) is 0 Å². The lowest BCUT2D eigenvalue weighted by Crippen LogP contribution is -2.35. The highest BCUT2D eigenvalue weighted by Crippen LogP contribution is 2.20. The minimum Gasteiger partial charge on any atom is -0.309 e. The van der Waals surface area contributed by atoms with Crippen molar-refractivity contribution in [2.75, 3.05) is 6.54 Å². The van der Waals surface area contributed by atoms with Gasteiger partial charge in [0, 0.05) is 5.69 Å². The van der Waals surface area contributed by atoms with E-state index in [1.807, 2.05) is 13.0 Å². The molecule has 0 aromatic carbocycles. The van der Waals surface area contributed by atoms with E-state index in [0.29, 0.717) is 6.04 Å². The standard InChI is InChI=1S/C9H12N2.ClH/c1-7-3-2-4-9(11-7)8-5-6-10-8;/h2-4,8,10H,5-6H2,1H3;1H/t8-;/m1./s1. The van der Waals surface area contributed by atoms with E-state index in [-0.39, 0.29) is 12.4 Å². The minimum atomic E-state index is 0. The maximum absolute atomic E-state index is 4.43. The third kappa shape index (κ3) is 1.76. The van der Waals surface area contributed by atoms with E-state index in [2.05, 4.69) is 22.4 Å². The van der Waals surface area contributed by atoms with E-state index in [9.17, 15) is 0 Å². The zero-order chi connectivity index (χ0) is 7.68. The van der Waals surface area contributed by atoms with Gasteiger partial charge in [-0.1, -0.05) is 6.07 Å². The molecule has 1 aliphatic heterocycles. The molecule has 2 heterocycles. The molecule has 1 atom stereocenters. The lowest BCUT2D eigenvalue weighted by atomic mass is 10.0. The van der Waals surface area contributed by atoms with Crippen LogP contribution in [0.5, 0.6) is 0 Å². The van der Waals surface area contributed by atoms with Crippen LogP contribution in [0.2, 0.25) is 0 Å². The van der Waals surface area contributed by atoms with Gasteiger partial charge in [0.15, 0.2) is 0 Å². The summed E-state index contributed by atoms with van der Waals surface area (Å²) in [5.74, 6) is 0. The van der Waals surface area contributed by atoms with Gasteiger partial charge < -0.3 is 5.32 Å². The summed E-state index contributed by atoms with van der Waals surface area (Å²) < 4.78 is 0.